The summed E-state index contributed by atoms with van der Waals surface area (Å²) < 4.78 is 5.49. The summed E-state index contributed by atoms with van der Waals surface area (Å²) in [5.41, 5.74) is 2.81. The Bertz CT molecular complexity index is 824. The van der Waals surface area contributed by atoms with E-state index < -0.39 is 6.23 Å². The van der Waals surface area contributed by atoms with Crippen LogP contribution in [0.3, 0.4) is 0 Å². The largest absolute Gasteiger partial charge is 0.462 e. The first-order chi connectivity index (χ1) is 12.6. The maximum Gasteiger partial charge on any atom is 0.269 e. The molecule has 26 heavy (non-hydrogen) atoms. The number of benzene rings is 1. The van der Waals surface area contributed by atoms with Crippen LogP contribution in [0, 0.1) is 0 Å². The molecular formula is C19H22N4O3. The second-order valence-electron chi connectivity index (χ2n) is 6.11. The van der Waals surface area contributed by atoms with Crippen LogP contribution >= 0.6 is 0 Å². The molecule has 3 N–H and O–H groups in total. The van der Waals surface area contributed by atoms with Crippen LogP contribution in [0.2, 0.25) is 0 Å². The lowest BCUT2D eigenvalue weighted by molar-refractivity contribution is -0.108. The summed E-state index contributed by atoms with van der Waals surface area (Å²) in [4.78, 5) is 23.1. The summed E-state index contributed by atoms with van der Waals surface area (Å²) in [7, 11) is 0. The van der Waals surface area contributed by atoms with Gasteiger partial charge < -0.3 is 15.4 Å². The van der Waals surface area contributed by atoms with Crippen molar-refractivity contribution in [1.29, 1.82) is 0 Å². The average Bonchev–Trinajstić information content (AvgIpc) is 3.35. The monoisotopic (exact) mass is 354 g/mol. The standard InChI is InChI=1S/C19H22N4O3/c1-3-14(4-2)21-18(25)17-9-16(22-23-17)12-6-5-7-13(8-12)19-20-10-15(11-24)26-19/h5-11,14,19-20H,3-4H2,1-2H3,(H,21,25)(H,22,23). The molecule has 1 aliphatic rings. The Kier molecular flexibility index (Phi) is 5.36. The lowest BCUT2D eigenvalue weighted by Gasteiger charge is -2.13. The summed E-state index contributed by atoms with van der Waals surface area (Å²) >= 11 is 0. The van der Waals surface area contributed by atoms with Gasteiger partial charge in [-0.05, 0) is 25.0 Å². The Hall–Kier alpha value is -3.09. The molecule has 0 radical (unpaired) electrons. The molecule has 0 saturated carbocycles. The van der Waals surface area contributed by atoms with E-state index in [4.69, 9.17) is 4.74 Å². The zero-order chi connectivity index (χ0) is 18.5. The van der Waals surface area contributed by atoms with Gasteiger partial charge in [-0.1, -0.05) is 32.0 Å². The SMILES string of the molecule is CCC(CC)NC(=O)c1cc(-c2cccc(C3NC=C(C=O)O3)c2)n[nH]1. The molecule has 0 bridgehead atoms. The second-order valence-corrected chi connectivity index (χ2v) is 6.11. The number of hydrogen-bond acceptors (Lipinski definition) is 5. The summed E-state index contributed by atoms with van der Waals surface area (Å²) in [5, 5.41) is 13.0. The van der Waals surface area contributed by atoms with E-state index in [1.165, 1.54) is 0 Å². The molecule has 1 aromatic heterocycles. The van der Waals surface area contributed by atoms with Crippen molar-refractivity contribution in [3.05, 3.63) is 53.5 Å². The number of nitrogens with one attached hydrogen (secondary N) is 3. The molecule has 0 spiro atoms. The molecule has 0 aliphatic carbocycles. The number of aldehydes is 1. The van der Waals surface area contributed by atoms with Gasteiger partial charge >= 0.3 is 0 Å². The first kappa shape index (κ1) is 17.7. The first-order valence-electron chi connectivity index (χ1n) is 8.69. The molecule has 1 unspecified atom stereocenters. The van der Waals surface area contributed by atoms with E-state index in [0.29, 0.717) is 17.7 Å². The fourth-order valence-electron chi connectivity index (χ4n) is 2.79. The zero-order valence-electron chi connectivity index (χ0n) is 14.8. The Morgan fingerprint density at radius 3 is 2.85 bits per heavy atom. The van der Waals surface area contributed by atoms with Gasteiger partial charge in [0.05, 0.1) is 5.69 Å². The van der Waals surface area contributed by atoms with Crippen LogP contribution in [0.4, 0.5) is 0 Å². The summed E-state index contributed by atoms with van der Waals surface area (Å²) in [6.45, 7) is 4.09. The van der Waals surface area contributed by atoms with Crippen LogP contribution in [0.15, 0.2) is 42.3 Å². The number of carbonyl (C=O) groups is 2. The van der Waals surface area contributed by atoms with E-state index in [1.54, 1.807) is 12.3 Å². The fourth-order valence-corrected chi connectivity index (χ4v) is 2.79. The highest BCUT2D eigenvalue weighted by atomic mass is 16.5. The number of aromatic amines is 1. The molecule has 1 aromatic carbocycles. The van der Waals surface area contributed by atoms with Gasteiger partial charge in [0, 0.05) is 23.4 Å². The predicted molar refractivity (Wildman–Crippen MR) is 97.0 cm³/mol. The lowest BCUT2D eigenvalue weighted by Crippen LogP contribution is -2.33. The average molecular weight is 354 g/mol. The Morgan fingerprint density at radius 1 is 1.35 bits per heavy atom. The van der Waals surface area contributed by atoms with E-state index in [-0.39, 0.29) is 17.7 Å². The Balaban J connectivity index is 1.74. The number of amides is 1. The van der Waals surface area contributed by atoms with E-state index in [9.17, 15) is 9.59 Å². The first-order valence-corrected chi connectivity index (χ1v) is 8.69. The van der Waals surface area contributed by atoms with Crippen molar-refractivity contribution in [2.45, 2.75) is 39.0 Å². The molecule has 2 heterocycles. The Labute approximate surface area is 151 Å². The molecule has 3 rings (SSSR count). The van der Waals surface area contributed by atoms with Crippen molar-refractivity contribution in [2.24, 2.45) is 0 Å². The van der Waals surface area contributed by atoms with Gasteiger partial charge in [0.25, 0.3) is 5.91 Å². The molecular weight excluding hydrogens is 332 g/mol. The minimum Gasteiger partial charge on any atom is -0.462 e. The third-order valence-electron chi connectivity index (χ3n) is 4.38. The maximum atomic E-state index is 12.3. The van der Waals surface area contributed by atoms with Crippen LogP contribution in [0.25, 0.3) is 11.3 Å². The van der Waals surface area contributed by atoms with Crippen LogP contribution in [0.1, 0.15) is 49.0 Å². The summed E-state index contributed by atoms with van der Waals surface area (Å²) in [5.74, 6) is 0.106. The lowest BCUT2D eigenvalue weighted by atomic mass is 10.1. The summed E-state index contributed by atoms with van der Waals surface area (Å²) in [6.07, 6.45) is 3.56. The van der Waals surface area contributed by atoms with E-state index in [1.807, 2.05) is 38.1 Å². The normalized spacial score (nSPS) is 16.0. The van der Waals surface area contributed by atoms with E-state index >= 15 is 0 Å². The van der Waals surface area contributed by atoms with Crippen LogP contribution in [0.5, 0.6) is 0 Å². The smallest absolute Gasteiger partial charge is 0.269 e. The van der Waals surface area contributed by atoms with Gasteiger partial charge in [-0.25, -0.2) is 0 Å². The molecule has 0 saturated heterocycles. The van der Waals surface area contributed by atoms with Crippen LogP contribution in [-0.4, -0.2) is 28.4 Å². The molecule has 1 aliphatic heterocycles. The number of H-pyrrole nitrogens is 1. The van der Waals surface area contributed by atoms with Gasteiger partial charge in [0.15, 0.2) is 18.3 Å². The highest BCUT2D eigenvalue weighted by Gasteiger charge is 2.20. The Morgan fingerprint density at radius 2 is 2.15 bits per heavy atom. The van der Waals surface area contributed by atoms with Crippen molar-refractivity contribution in [1.82, 2.24) is 20.8 Å². The number of aromatic nitrogens is 2. The van der Waals surface area contributed by atoms with Crippen LogP contribution < -0.4 is 10.6 Å². The second kappa shape index (κ2) is 7.86. The van der Waals surface area contributed by atoms with Crippen molar-refractivity contribution in [2.75, 3.05) is 0 Å². The number of carbonyl (C=O) groups excluding carboxylic acids is 2. The van der Waals surface area contributed by atoms with Gasteiger partial charge in [-0.2, -0.15) is 5.10 Å². The van der Waals surface area contributed by atoms with Gasteiger partial charge in [0.2, 0.25) is 0 Å². The number of ether oxygens (including phenoxy) is 1. The quantitative estimate of drug-likeness (QED) is 0.664. The van der Waals surface area contributed by atoms with Gasteiger partial charge in [-0.3, -0.25) is 14.7 Å². The van der Waals surface area contributed by atoms with Crippen molar-refractivity contribution < 1.29 is 14.3 Å². The molecule has 0 fully saturated rings. The molecule has 136 valence electrons. The fraction of sp³-hybridized carbons (Fsp3) is 0.316. The molecule has 1 amide bonds. The topological polar surface area (TPSA) is 96.1 Å². The molecule has 1 atom stereocenters. The number of rotatable bonds is 7. The van der Waals surface area contributed by atoms with Gasteiger partial charge in [-0.15, -0.1) is 0 Å². The third kappa shape index (κ3) is 3.77. The van der Waals surface area contributed by atoms with E-state index in [2.05, 4.69) is 20.8 Å². The molecule has 7 nitrogen and oxygen atoms in total. The highest BCUT2D eigenvalue weighted by Crippen LogP contribution is 2.26. The third-order valence-corrected chi connectivity index (χ3v) is 4.38. The summed E-state index contributed by atoms with van der Waals surface area (Å²) in [6, 6.07) is 9.49. The zero-order valence-corrected chi connectivity index (χ0v) is 14.8. The van der Waals surface area contributed by atoms with Crippen LogP contribution in [-0.2, 0) is 9.53 Å². The van der Waals surface area contributed by atoms with Crippen molar-refractivity contribution >= 4 is 12.2 Å². The number of nitrogens with zero attached hydrogens (tertiary/aromatic N) is 1. The number of allylic oxidation sites excluding steroid dienone is 1. The minimum absolute atomic E-state index is 0.155. The molecule has 2 aromatic rings. The molecule has 7 heteroatoms. The van der Waals surface area contributed by atoms with E-state index in [0.717, 1.165) is 24.0 Å². The maximum absolute atomic E-state index is 12.3. The minimum atomic E-state index is -0.410. The predicted octanol–water partition coefficient (Wildman–Crippen LogP) is 2.65. The van der Waals surface area contributed by atoms with Gasteiger partial charge in [0.1, 0.15) is 5.69 Å². The van der Waals surface area contributed by atoms with Crippen molar-refractivity contribution in [3.63, 3.8) is 0 Å². The highest BCUT2D eigenvalue weighted by molar-refractivity contribution is 5.93. The van der Waals surface area contributed by atoms with Crippen molar-refractivity contribution in [3.8, 4) is 11.3 Å². The number of hydrogen-bond donors (Lipinski definition) is 3.